The Hall–Kier alpha value is -2.18. The molecule has 0 aromatic heterocycles. The maximum absolute atomic E-state index is 14.5. The molecule has 4 nitrogen and oxygen atoms in total. The number of halogens is 1. The molecule has 0 N–H and O–H groups in total. The van der Waals surface area contributed by atoms with Crippen LogP contribution in [0.5, 0.6) is 5.75 Å². The fourth-order valence-corrected chi connectivity index (χ4v) is 15.0. The van der Waals surface area contributed by atoms with Gasteiger partial charge in [0.1, 0.15) is 11.6 Å². The van der Waals surface area contributed by atoms with Crippen LogP contribution in [0.25, 0.3) is 0 Å². The fourth-order valence-electron chi connectivity index (χ4n) is 7.20. The van der Waals surface area contributed by atoms with Crippen LogP contribution >= 0.6 is 0 Å². The van der Waals surface area contributed by atoms with Gasteiger partial charge in [0.15, 0.2) is 5.60 Å². The Morgan fingerprint density at radius 2 is 1.64 bits per heavy atom. The molecule has 0 aliphatic carbocycles. The Morgan fingerprint density at radius 3 is 2.18 bits per heavy atom. The lowest BCUT2D eigenvalue weighted by molar-refractivity contribution is -0.137. The van der Waals surface area contributed by atoms with Crippen molar-refractivity contribution in [2.75, 3.05) is 18.6 Å². The Balaban J connectivity index is 1.81. The molecule has 2 aliphatic rings. The van der Waals surface area contributed by atoms with E-state index < -0.39 is 13.7 Å². The van der Waals surface area contributed by atoms with Crippen LogP contribution in [0.3, 0.4) is 0 Å². The van der Waals surface area contributed by atoms with Gasteiger partial charge in [0.25, 0.3) is 5.91 Å². The second-order valence-corrected chi connectivity index (χ2v) is 16.8. The molecule has 2 heterocycles. The third kappa shape index (κ3) is 3.45. The summed E-state index contributed by atoms with van der Waals surface area (Å²) in [5.74, 6) is 0.262. The van der Waals surface area contributed by atoms with Gasteiger partial charge in [-0.2, -0.15) is 0 Å². The van der Waals surface area contributed by atoms with Crippen molar-refractivity contribution in [2.24, 2.45) is 0 Å². The monoisotopic (exact) mass is 469 g/mol. The minimum absolute atomic E-state index is 0.116. The molecular formula is C27H36FNO3Si. The molecule has 2 aromatic carbocycles. The molecule has 0 bridgehead atoms. The molecule has 6 heteroatoms. The highest BCUT2D eigenvalue weighted by atomic mass is 28.3. The lowest BCUT2D eigenvalue weighted by atomic mass is 9.92. The van der Waals surface area contributed by atoms with Crippen molar-refractivity contribution >= 4 is 25.4 Å². The van der Waals surface area contributed by atoms with Gasteiger partial charge in [0, 0.05) is 17.9 Å². The van der Waals surface area contributed by atoms with Gasteiger partial charge in [0.2, 0.25) is 0 Å². The lowest BCUT2D eigenvalue weighted by Gasteiger charge is -2.47. The Morgan fingerprint density at radius 1 is 1.03 bits per heavy atom. The first kappa shape index (κ1) is 24.0. The number of benzene rings is 2. The third-order valence-electron chi connectivity index (χ3n) is 8.29. The number of methoxy groups -OCH3 is 1. The molecule has 0 unspecified atom stereocenters. The highest BCUT2D eigenvalue weighted by molar-refractivity contribution is 6.85. The zero-order valence-corrected chi connectivity index (χ0v) is 21.8. The number of amides is 1. The van der Waals surface area contributed by atoms with Crippen molar-refractivity contribution in [1.82, 2.24) is 0 Å². The Kier molecular flexibility index (Phi) is 6.21. The number of nitrogens with zero attached hydrogens (tertiary/aromatic N) is 1. The first-order valence-corrected chi connectivity index (χ1v) is 14.3. The van der Waals surface area contributed by atoms with E-state index in [1.165, 1.54) is 12.1 Å². The number of rotatable bonds is 6. The van der Waals surface area contributed by atoms with Gasteiger partial charge in [0.05, 0.1) is 20.9 Å². The molecule has 2 aromatic rings. The summed E-state index contributed by atoms with van der Waals surface area (Å²) in [6.07, 6.45) is 0.621. The first-order chi connectivity index (χ1) is 15.6. The van der Waals surface area contributed by atoms with Crippen molar-refractivity contribution in [2.45, 2.75) is 75.7 Å². The van der Waals surface area contributed by atoms with Crippen LogP contribution in [0.2, 0.25) is 22.2 Å². The third-order valence-corrected chi connectivity index (χ3v) is 16.1. The molecular weight excluding hydrogens is 433 g/mol. The van der Waals surface area contributed by atoms with Crippen LogP contribution in [0, 0.1) is 5.82 Å². The minimum atomic E-state index is -1.87. The second kappa shape index (κ2) is 8.55. The normalized spacial score (nSPS) is 22.8. The standard InChI is InChI=1S/C27H36FNO3Si/c1-17(2)33(18(3)4,19(5)6)23-15-27(32-16-23)24-14-20(28)8-13-25(24)29(26(27)30)21-9-11-22(31-7)12-10-21/h8-14,17-19,23H,15-16H2,1-7H3/t23-,27+/m0/s1. The highest BCUT2D eigenvalue weighted by Crippen LogP contribution is 2.60. The van der Waals surface area contributed by atoms with E-state index in [0.717, 1.165) is 11.4 Å². The van der Waals surface area contributed by atoms with Gasteiger partial charge < -0.3 is 9.47 Å². The number of ether oxygens (including phenoxy) is 2. The smallest absolute Gasteiger partial charge is 0.268 e. The summed E-state index contributed by atoms with van der Waals surface area (Å²) in [5.41, 5.74) is 2.97. The van der Waals surface area contributed by atoms with Crippen LogP contribution in [0.4, 0.5) is 15.8 Å². The largest absolute Gasteiger partial charge is 0.497 e. The number of anilines is 2. The minimum Gasteiger partial charge on any atom is -0.497 e. The number of hydrogen-bond acceptors (Lipinski definition) is 3. The predicted octanol–water partition coefficient (Wildman–Crippen LogP) is 7.18. The van der Waals surface area contributed by atoms with E-state index in [9.17, 15) is 9.18 Å². The van der Waals surface area contributed by atoms with Crippen molar-refractivity contribution < 1.29 is 18.7 Å². The van der Waals surface area contributed by atoms with E-state index in [1.807, 2.05) is 24.3 Å². The predicted molar refractivity (Wildman–Crippen MR) is 134 cm³/mol. The van der Waals surface area contributed by atoms with E-state index in [4.69, 9.17) is 9.47 Å². The van der Waals surface area contributed by atoms with Gasteiger partial charge >= 0.3 is 0 Å². The molecule has 33 heavy (non-hydrogen) atoms. The van der Waals surface area contributed by atoms with E-state index in [1.54, 1.807) is 18.1 Å². The quantitative estimate of drug-likeness (QED) is 0.421. The second-order valence-electron chi connectivity index (χ2n) is 10.5. The van der Waals surface area contributed by atoms with Gasteiger partial charge in [-0.05, 0) is 54.4 Å². The summed E-state index contributed by atoms with van der Waals surface area (Å²) in [7, 11) is -0.257. The molecule has 1 amide bonds. The number of carbonyl (C=O) groups excluding carboxylic acids is 1. The zero-order valence-electron chi connectivity index (χ0n) is 20.8. The fraction of sp³-hybridized carbons (Fsp3) is 0.519. The maximum atomic E-state index is 14.5. The van der Waals surface area contributed by atoms with Crippen molar-refractivity contribution in [3.8, 4) is 5.75 Å². The van der Waals surface area contributed by atoms with Crippen LogP contribution in [-0.2, 0) is 15.1 Å². The molecule has 4 rings (SSSR count). The summed E-state index contributed by atoms with van der Waals surface area (Å²) in [4.78, 5) is 15.8. The molecule has 0 saturated carbocycles. The molecule has 2 atom stereocenters. The van der Waals surface area contributed by atoms with E-state index >= 15 is 0 Å². The molecule has 1 spiro atoms. The summed E-state index contributed by atoms with van der Waals surface area (Å²) < 4.78 is 26.3. The van der Waals surface area contributed by atoms with Gasteiger partial charge in [-0.25, -0.2) is 4.39 Å². The molecule has 178 valence electrons. The van der Waals surface area contributed by atoms with Crippen LogP contribution < -0.4 is 9.64 Å². The first-order valence-electron chi connectivity index (χ1n) is 12.0. The molecule has 2 aliphatic heterocycles. The number of carbonyl (C=O) groups is 1. The summed E-state index contributed by atoms with van der Waals surface area (Å²) in [6, 6.07) is 12.0. The Bertz CT molecular complexity index is 1010. The zero-order chi connectivity index (χ0) is 24.1. The van der Waals surface area contributed by atoms with Crippen LogP contribution in [-0.4, -0.2) is 27.7 Å². The van der Waals surface area contributed by atoms with Crippen molar-refractivity contribution in [3.63, 3.8) is 0 Å². The van der Waals surface area contributed by atoms with E-state index in [0.29, 0.717) is 46.4 Å². The van der Waals surface area contributed by atoms with E-state index in [-0.39, 0.29) is 11.7 Å². The van der Waals surface area contributed by atoms with Crippen molar-refractivity contribution in [1.29, 1.82) is 0 Å². The van der Waals surface area contributed by atoms with Crippen molar-refractivity contribution in [3.05, 3.63) is 53.8 Å². The molecule has 0 radical (unpaired) electrons. The molecule has 1 fully saturated rings. The topological polar surface area (TPSA) is 38.8 Å². The van der Waals surface area contributed by atoms with Crippen LogP contribution in [0.15, 0.2) is 42.5 Å². The maximum Gasteiger partial charge on any atom is 0.268 e. The average molecular weight is 470 g/mol. The average Bonchev–Trinajstić information content (AvgIpc) is 3.29. The SMILES string of the molecule is COc1ccc(N2C(=O)[C@@]3(C[C@H]([Si](C(C)C)(C(C)C)C(C)C)CO3)c3cc(F)ccc32)cc1. The highest BCUT2D eigenvalue weighted by Gasteiger charge is 2.62. The summed E-state index contributed by atoms with van der Waals surface area (Å²) >= 11 is 0. The van der Waals surface area contributed by atoms with Gasteiger partial charge in [-0.1, -0.05) is 58.2 Å². The van der Waals surface area contributed by atoms with Crippen LogP contribution in [0.1, 0.15) is 53.5 Å². The lowest BCUT2D eigenvalue weighted by Crippen LogP contribution is -2.49. The van der Waals surface area contributed by atoms with Gasteiger partial charge in [-0.15, -0.1) is 0 Å². The van der Waals surface area contributed by atoms with Gasteiger partial charge in [-0.3, -0.25) is 9.69 Å². The number of hydrogen-bond donors (Lipinski definition) is 0. The van der Waals surface area contributed by atoms with E-state index in [2.05, 4.69) is 41.5 Å². The Labute approximate surface area is 198 Å². The number of fused-ring (bicyclic) bond motifs is 2. The molecule has 1 saturated heterocycles. The summed E-state index contributed by atoms with van der Waals surface area (Å²) in [6.45, 7) is 14.6. The summed E-state index contributed by atoms with van der Waals surface area (Å²) in [5, 5.41) is 0.